The highest BCUT2D eigenvalue weighted by Crippen LogP contribution is 2.30. The Balaban J connectivity index is 3.41. The normalized spacial score (nSPS) is 10.1. The molecule has 0 atom stereocenters. The summed E-state index contributed by atoms with van der Waals surface area (Å²) >= 11 is 2.92. The van der Waals surface area contributed by atoms with Gasteiger partial charge < -0.3 is 5.73 Å². The van der Waals surface area contributed by atoms with E-state index in [9.17, 15) is 8.78 Å². The summed E-state index contributed by atoms with van der Waals surface area (Å²) in [6.07, 6.45) is -1.82. The maximum absolute atomic E-state index is 12.3. The third kappa shape index (κ3) is 1.75. The summed E-state index contributed by atoms with van der Waals surface area (Å²) in [7, 11) is 0. The minimum atomic E-state index is -2.72. The Kier molecular flexibility index (Phi) is 2.78. The molecule has 1 heterocycles. The van der Waals surface area contributed by atoms with E-state index in [2.05, 4.69) is 20.9 Å². The summed E-state index contributed by atoms with van der Waals surface area (Å²) in [5.41, 5.74) is 4.73. The molecular formula is C7H4BrF2N3. The van der Waals surface area contributed by atoms with Crippen LogP contribution in [0.1, 0.15) is 17.6 Å². The first kappa shape index (κ1) is 9.86. The Morgan fingerprint density at radius 3 is 2.69 bits per heavy atom. The van der Waals surface area contributed by atoms with Crippen molar-refractivity contribution in [3.8, 4) is 6.07 Å². The molecular weight excluding hydrogens is 244 g/mol. The number of hydrogen-bond acceptors (Lipinski definition) is 3. The molecule has 0 spiro atoms. The first-order chi connectivity index (χ1) is 6.07. The molecule has 0 radical (unpaired) electrons. The van der Waals surface area contributed by atoms with E-state index in [-0.39, 0.29) is 15.9 Å². The van der Waals surface area contributed by atoms with Crippen molar-refractivity contribution >= 4 is 21.7 Å². The number of nitrogen functional groups attached to an aromatic ring is 1. The van der Waals surface area contributed by atoms with E-state index < -0.39 is 12.0 Å². The number of pyridine rings is 1. The number of halogens is 3. The van der Waals surface area contributed by atoms with Gasteiger partial charge in [-0.1, -0.05) is 0 Å². The van der Waals surface area contributed by atoms with Crippen molar-refractivity contribution in [2.75, 3.05) is 5.73 Å². The average Bonchev–Trinajstić information content (AvgIpc) is 2.09. The fourth-order valence-corrected chi connectivity index (χ4v) is 1.21. The Morgan fingerprint density at radius 1 is 1.62 bits per heavy atom. The zero-order valence-corrected chi connectivity index (χ0v) is 7.85. The van der Waals surface area contributed by atoms with Crippen molar-refractivity contribution in [2.24, 2.45) is 0 Å². The van der Waals surface area contributed by atoms with Crippen molar-refractivity contribution in [3.05, 3.63) is 21.8 Å². The van der Waals surface area contributed by atoms with Crippen LogP contribution in [0.3, 0.4) is 0 Å². The van der Waals surface area contributed by atoms with Gasteiger partial charge in [-0.05, 0) is 15.9 Å². The van der Waals surface area contributed by atoms with Gasteiger partial charge in [0, 0.05) is 6.20 Å². The van der Waals surface area contributed by atoms with Gasteiger partial charge in [-0.25, -0.2) is 13.8 Å². The van der Waals surface area contributed by atoms with Gasteiger partial charge in [-0.3, -0.25) is 0 Å². The first-order valence-corrected chi connectivity index (χ1v) is 3.99. The summed E-state index contributed by atoms with van der Waals surface area (Å²) in [6.45, 7) is 0. The molecule has 0 amide bonds. The molecule has 1 rings (SSSR count). The molecule has 1 aromatic rings. The maximum atomic E-state index is 12.3. The number of rotatable bonds is 1. The molecule has 2 N–H and O–H groups in total. The van der Waals surface area contributed by atoms with Crippen LogP contribution in [0.2, 0.25) is 0 Å². The molecule has 0 bridgehead atoms. The van der Waals surface area contributed by atoms with Crippen LogP contribution in [0.4, 0.5) is 14.6 Å². The van der Waals surface area contributed by atoms with Crippen molar-refractivity contribution < 1.29 is 8.78 Å². The Hall–Kier alpha value is -1.22. The van der Waals surface area contributed by atoms with Crippen LogP contribution in [-0.2, 0) is 0 Å². The lowest BCUT2D eigenvalue weighted by Crippen LogP contribution is -1.99. The number of nitrogens with two attached hydrogens (primary N) is 1. The average molecular weight is 248 g/mol. The Morgan fingerprint density at radius 2 is 2.23 bits per heavy atom. The second kappa shape index (κ2) is 3.66. The predicted molar refractivity (Wildman–Crippen MR) is 46.0 cm³/mol. The minimum Gasteiger partial charge on any atom is -0.383 e. The van der Waals surface area contributed by atoms with E-state index in [1.54, 1.807) is 6.07 Å². The van der Waals surface area contributed by atoms with E-state index in [1.807, 2.05) is 0 Å². The highest BCUT2D eigenvalue weighted by Gasteiger charge is 2.17. The summed E-state index contributed by atoms with van der Waals surface area (Å²) < 4.78 is 24.7. The lowest BCUT2D eigenvalue weighted by atomic mass is 10.1. The molecule has 0 fully saturated rings. The fraction of sp³-hybridized carbons (Fsp3) is 0.143. The Bertz CT molecular complexity index is 373. The standard InChI is InChI=1S/C7H4BrF2N3/c8-5-3(1-11)4(6(9)10)2-13-7(5)12/h2,6H,(H2,12,13). The van der Waals surface area contributed by atoms with Crippen LogP contribution in [-0.4, -0.2) is 4.98 Å². The summed E-state index contributed by atoms with van der Waals surface area (Å²) in [5.74, 6) is 0.0287. The van der Waals surface area contributed by atoms with E-state index >= 15 is 0 Å². The smallest absolute Gasteiger partial charge is 0.266 e. The molecule has 68 valence electrons. The Labute approximate surface area is 81.3 Å². The molecule has 0 aliphatic rings. The van der Waals surface area contributed by atoms with Gasteiger partial charge in [-0.2, -0.15) is 5.26 Å². The lowest BCUT2D eigenvalue weighted by molar-refractivity contribution is 0.150. The molecule has 0 aromatic carbocycles. The second-order valence-corrected chi connectivity index (χ2v) is 2.99. The summed E-state index contributed by atoms with van der Waals surface area (Å²) in [4.78, 5) is 3.51. The summed E-state index contributed by atoms with van der Waals surface area (Å²) in [5, 5.41) is 8.58. The molecule has 3 nitrogen and oxygen atoms in total. The molecule has 0 aliphatic heterocycles. The van der Waals surface area contributed by atoms with Crippen molar-refractivity contribution in [2.45, 2.75) is 6.43 Å². The highest BCUT2D eigenvalue weighted by atomic mass is 79.9. The van der Waals surface area contributed by atoms with Gasteiger partial charge in [0.1, 0.15) is 11.9 Å². The molecule has 0 unspecified atom stereocenters. The molecule has 1 aromatic heterocycles. The van der Waals surface area contributed by atoms with Gasteiger partial charge in [0.05, 0.1) is 15.6 Å². The first-order valence-electron chi connectivity index (χ1n) is 3.20. The molecule has 0 aliphatic carbocycles. The van der Waals surface area contributed by atoms with Crippen LogP contribution in [0, 0.1) is 11.3 Å². The van der Waals surface area contributed by atoms with Gasteiger partial charge in [0.15, 0.2) is 0 Å². The topological polar surface area (TPSA) is 62.7 Å². The number of nitrogens with zero attached hydrogens (tertiary/aromatic N) is 2. The van der Waals surface area contributed by atoms with Crippen LogP contribution < -0.4 is 5.73 Å². The van der Waals surface area contributed by atoms with Crippen LogP contribution in [0.15, 0.2) is 10.7 Å². The number of aromatic nitrogens is 1. The number of alkyl halides is 2. The minimum absolute atomic E-state index is 0.0287. The van der Waals surface area contributed by atoms with Gasteiger partial charge >= 0.3 is 0 Å². The lowest BCUT2D eigenvalue weighted by Gasteiger charge is -2.05. The van der Waals surface area contributed by atoms with Gasteiger partial charge in [0.25, 0.3) is 6.43 Å². The third-order valence-corrected chi connectivity index (χ3v) is 2.23. The van der Waals surface area contributed by atoms with Crippen molar-refractivity contribution in [1.29, 1.82) is 5.26 Å². The second-order valence-electron chi connectivity index (χ2n) is 2.20. The molecule has 0 saturated heterocycles. The van der Waals surface area contributed by atoms with Crippen LogP contribution >= 0.6 is 15.9 Å². The van der Waals surface area contributed by atoms with E-state index in [1.165, 1.54) is 0 Å². The van der Waals surface area contributed by atoms with Gasteiger partial charge in [-0.15, -0.1) is 0 Å². The molecule has 6 heteroatoms. The van der Waals surface area contributed by atoms with Crippen molar-refractivity contribution in [1.82, 2.24) is 4.98 Å². The van der Waals surface area contributed by atoms with E-state index in [0.717, 1.165) is 6.20 Å². The van der Waals surface area contributed by atoms with E-state index in [4.69, 9.17) is 11.0 Å². The highest BCUT2D eigenvalue weighted by molar-refractivity contribution is 9.10. The zero-order valence-electron chi connectivity index (χ0n) is 6.26. The van der Waals surface area contributed by atoms with Crippen molar-refractivity contribution in [3.63, 3.8) is 0 Å². The predicted octanol–water partition coefficient (Wildman–Crippen LogP) is 2.24. The number of anilines is 1. The zero-order chi connectivity index (χ0) is 10.0. The molecule has 13 heavy (non-hydrogen) atoms. The van der Waals surface area contributed by atoms with Gasteiger partial charge in [0.2, 0.25) is 0 Å². The molecule has 0 saturated carbocycles. The number of nitriles is 1. The maximum Gasteiger partial charge on any atom is 0.266 e. The van der Waals surface area contributed by atoms with Crippen LogP contribution in [0.25, 0.3) is 0 Å². The quantitative estimate of drug-likeness (QED) is 0.828. The SMILES string of the molecule is N#Cc1c(C(F)F)cnc(N)c1Br. The largest absolute Gasteiger partial charge is 0.383 e. The van der Waals surface area contributed by atoms with E-state index in [0.29, 0.717) is 0 Å². The fourth-order valence-electron chi connectivity index (χ4n) is 0.794. The monoisotopic (exact) mass is 247 g/mol. The summed E-state index contributed by atoms with van der Waals surface area (Å²) in [6, 6.07) is 1.64. The number of hydrogen-bond donors (Lipinski definition) is 1. The third-order valence-electron chi connectivity index (χ3n) is 1.42. The van der Waals surface area contributed by atoms with Crippen LogP contribution in [0.5, 0.6) is 0 Å².